The van der Waals surface area contributed by atoms with E-state index in [4.69, 9.17) is 9.47 Å². The summed E-state index contributed by atoms with van der Waals surface area (Å²) in [5, 5.41) is 9.36. The number of ketones is 2. The lowest BCUT2D eigenvalue weighted by atomic mass is 9.79. The fraction of sp³-hybridized carbons (Fsp3) is 0.771. The molecule has 0 aliphatic heterocycles. The average Bonchev–Trinajstić information content (AvgIpc) is 3.68. The molecule has 0 aromatic rings. The fourth-order valence-corrected chi connectivity index (χ4v) is 5.67. The molecule has 10 heteroatoms. The Balaban J connectivity index is 1.80. The Morgan fingerprint density at radius 2 is 1.67 bits per heavy atom. The molecule has 2 fully saturated rings. The number of hydrogen-bond donors (Lipinski definition) is 3. The van der Waals surface area contributed by atoms with Gasteiger partial charge in [-0.25, -0.2) is 9.59 Å². The van der Waals surface area contributed by atoms with Gasteiger partial charge in [0.25, 0.3) is 0 Å². The van der Waals surface area contributed by atoms with Crippen LogP contribution in [0, 0.1) is 35.0 Å². The Kier molecular flexibility index (Phi) is 14.9. The Morgan fingerprint density at radius 3 is 2.22 bits per heavy atom. The van der Waals surface area contributed by atoms with Crippen molar-refractivity contribution in [3.05, 3.63) is 24.6 Å². The molecule has 10 nitrogen and oxygen atoms in total. The smallest absolute Gasteiger partial charge is 0.434 e. The summed E-state index contributed by atoms with van der Waals surface area (Å²) < 4.78 is 9.97. The molecule has 0 spiro atoms. The second-order valence-corrected chi connectivity index (χ2v) is 14.8. The van der Waals surface area contributed by atoms with Crippen molar-refractivity contribution in [1.29, 1.82) is 0 Å². The molecule has 0 heterocycles. The maximum atomic E-state index is 12.6. The first kappa shape index (κ1) is 38.1. The van der Waals surface area contributed by atoms with Crippen LogP contribution in [-0.4, -0.2) is 74.1 Å². The van der Waals surface area contributed by atoms with Gasteiger partial charge in [-0.1, -0.05) is 74.0 Å². The summed E-state index contributed by atoms with van der Waals surface area (Å²) >= 11 is 0. The third kappa shape index (κ3) is 13.9. The summed E-state index contributed by atoms with van der Waals surface area (Å²) in [5.41, 5.74) is 1.69. The predicted molar refractivity (Wildman–Crippen MR) is 177 cm³/mol. The summed E-state index contributed by atoms with van der Waals surface area (Å²) in [7, 11) is 2.05. The van der Waals surface area contributed by atoms with Gasteiger partial charge in [0, 0.05) is 56.8 Å². The fourth-order valence-electron chi connectivity index (χ4n) is 5.67. The molecule has 3 N–H and O–H groups in total. The van der Waals surface area contributed by atoms with Crippen LogP contribution in [0.25, 0.3) is 0 Å². The zero-order valence-electron chi connectivity index (χ0n) is 29.1. The number of hydrogen-bond acceptors (Lipinski definition) is 8. The molecule has 0 saturated heterocycles. The van der Waals surface area contributed by atoms with Crippen LogP contribution in [0.5, 0.6) is 0 Å². The molecule has 5 atom stereocenters. The van der Waals surface area contributed by atoms with E-state index in [0.29, 0.717) is 30.8 Å². The zero-order valence-corrected chi connectivity index (χ0v) is 29.1. The van der Waals surface area contributed by atoms with Gasteiger partial charge in [0.1, 0.15) is 6.61 Å². The van der Waals surface area contributed by atoms with Gasteiger partial charge in [-0.05, 0) is 47.8 Å². The van der Waals surface area contributed by atoms with Gasteiger partial charge in [0.05, 0.1) is 13.2 Å². The normalized spacial score (nSPS) is 19.8. The number of amides is 2. The number of rotatable bonds is 20. The predicted octanol–water partition coefficient (Wildman–Crippen LogP) is 5.83. The van der Waals surface area contributed by atoms with Crippen LogP contribution in [0.1, 0.15) is 93.4 Å². The molecule has 2 saturated carbocycles. The largest absolute Gasteiger partial charge is 0.508 e. The third-order valence-electron chi connectivity index (χ3n) is 9.21. The van der Waals surface area contributed by atoms with Crippen molar-refractivity contribution in [1.82, 2.24) is 20.9 Å². The van der Waals surface area contributed by atoms with Crippen molar-refractivity contribution < 1.29 is 28.7 Å². The van der Waals surface area contributed by atoms with Crippen molar-refractivity contribution in [3.8, 4) is 0 Å². The monoisotopic (exact) mass is 632 g/mol. The van der Waals surface area contributed by atoms with Gasteiger partial charge in [0.15, 0.2) is 11.6 Å². The van der Waals surface area contributed by atoms with Gasteiger partial charge in [-0.3, -0.25) is 9.59 Å². The number of urea groups is 1. The molecule has 256 valence electrons. The molecule has 45 heavy (non-hydrogen) atoms. The summed E-state index contributed by atoms with van der Waals surface area (Å²) in [6, 6.07) is -0.529. The Morgan fingerprint density at radius 1 is 1.00 bits per heavy atom. The first-order valence-corrected chi connectivity index (χ1v) is 16.7. The average molecular weight is 633 g/mol. The number of nitrogens with zero attached hydrogens (tertiary/aromatic N) is 1. The second-order valence-electron chi connectivity index (χ2n) is 14.8. The van der Waals surface area contributed by atoms with Crippen molar-refractivity contribution >= 4 is 23.8 Å². The highest BCUT2D eigenvalue weighted by Crippen LogP contribution is 2.47. The molecule has 2 rings (SSSR count). The molecule has 2 aliphatic carbocycles. The van der Waals surface area contributed by atoms with Crippen molar-refractivity contribution in [2.45, 2.75) is 105 Å². The third-order valence-corrected chi connectivity index (χ3v) is 9.21. The first-order valence-electron chi connectivity index (χ1n) is 16.7. The molecule has 0 radical (unpaired) electrons. The summed E-state index contributed by atoms with van der Waals surface area (Å²) in [4.78, 5) is 50.2. The number of allylic oxidation sites excluding steroid dienone is 1. The van der Waals surface area contributed by atoms with Gasteiger partial charge >= 0.3 is 12.2 Å². The minimum Gasteiger partial charge on any atom is -0.434 e. The topological polar surface area (TPSA) is 126 Å². The highest BCUT2D eigenvalue weighted by atomic mass is 16.7. The van der Waals surface area contributed by atoms with Gasteiger partial charge < -0.3 is 30.3 Å². The number of nitrogens with one attached hydrogen (secondary N) is 3. The van der Waals surface area contributed by atoms with E-state index in [2.05, 4.69) is 61.7 Å². The SMILES string of the molecule is C=C(NC(CC(=O)C(C)=O)CC1CCC1)C(C)[C@H]1C[C@H]1CN(C)C(=C)CC(NC(=O)NCCOC(=O)OCC(C)C)C(C)(C)C. The number of ether oxygens (including phenoxy) is 2. The van der Waals surface area contributed by atoms with Crippen molar-refractivity contribution in [3.63, 3.8) is 0 Å². The van der Waals surface area contributed by atoms with Crippen LogP contribution >= 0.6 is 0 Å². The summed E-state index contributed by atoms with van der Waals surface area (Å²) in [6.07, 6.45) is 5.72. The van der Waals surface area contributed by atoms with Crippen LogP contribution in [0.15, 0.2) is 24.6 Å². The lowest BCUT2D eigenvalue weighted by molar-refractivity contribution is -0.135. The number of carbonyl (C=O) groups is 4. The van der Waals surface area contributed by atoms with E-state index in [1.165, 1.54) is 26.2 Å². The quantitative estimate of drug-likeness (QED) is 0.0870. The van der Waals surface area contributed by atoms with E-state index in [-0.39, 0.29) is 66.5 Å². The minimum absolute atomic E-state index is 0.0284. The van der Waals surface area contributed by atoms with Crippen LogP contribution in [0.4, 0.5) is 9.59 Å². The highest BCUT2D eigenvalue weighted by Gasteiger charge is 2.43. The lowest BCUT2D eigenvalue weighted by Crippen LogP contribution is -2.49. The maximum Gasteiger partial charge on any atom is 0.508 e. The van der Waals surface area contributed by atoms with Gasteiger partial charge in [-0.2, -0.15) is 0 Å². The molecule has 0 bridgehead atoms. The van der Waals surface area contributed by atoms with Gasteiger partial charge in [-0.15, -0.1) is 0 Å². The van der Waals surface area contributed by atoms with Crippen LogP contribution in [-0.2, 0) is 19.1 Å². The lowest BCUT2D eigenvalue weighted by Gasteiger charge is -2.34. The Hall–Kier alpha value is -3.04. The molecule has 0 aromatic carbocycles. The molecule has 2 amide bonds. The van der Waals surface area contributed by atoms with Gasteiger partial charge in [0.2, 0.25) is 0 Å². The summed E-state index contributed by atoms with van der Waals surface area (Å²) in [5.74, 6) is 1.39. The molecule has 2 aliphatic rings. The first-order chi connectivity index (χ1) is 21.0. The van der Waals surface area contributed by atoms with Crippen molar-refractivity contribution in [2.24, 2.45) is 35.0 Å². The number of carbonyl (C=O) groups excluding carboxylic acids is 4. The zero-order chi connectivity index (χ0) is 33.9. The molecular formula is C35H60N4O6. The molecular weight excluding hydrogens is 572 g/mol. The van der Waals surface area contributed by atoms with E-state index in [1.54, 1.807) is 0 Å². The van der Waals surface area contributed by atoms with Crippen LogP contribution in [0.2, 0.25) is 0 Å². The molecule has 0 aromatic heterocycles. The highest BCUT2D eigenvalue weighted by molar-refractivity contribution is 6.36. The van der Waals surface area contributed by atoms with E-state index in [9.17, 15) is 19.2 Å². The van der Waals surface area contributed by atoms with E-state index in [0.717, 1.165) is 30.8 Å². The van der Waals surface area contributed by atoms with E-state index in [1.807, 2.05) is 20.9 Å². The Labute approximate surface area is 271 Å². The van der Waals surface area contributed by atoms with Crippen molar-refractivity contribution in [2.75, 3.05) is 33.4 Å². The maximum absolute atomic E-state index is 12.6. The van der Waals surface area contributed by atoms with Crippen LogP contribution in [0.3, 0.4) is 0 Å². The molecule has 3 unspecified atom stereocenters. The number of Topliss-reactive ketones (excluding diaryl/α,β-unsaturated/α-hetero) is 2. The Bertz CT molecular complexity index is 1050. The standard InChI is InChI=1S/C35H60N4O6/c1-22(2)21-45-34(43)44-15-14-36-33(42)38-32(35(7,8)9)16-23(3)39(10)20-28-18-30(28)24(4)25(5)37-29(17-27-12-11-13-27)19-31(41)26(6)40/h22,24,27-30,32,37H,3,5,11-21H2,1-2,4,6-10H3,(H2,36,38,42)/t24?,28-,29?,30+,32?/m0/s1. The second kappa shape index (κ2) is 17.6. The van der Waals surface area contributed by atoms with Crippen LogP contribution < -0.4 is 16.0 Å². The minimum atomic E-state index is -0.736. The summed E-state index contributed by atoms with van der Waals surface area (Å²) in [6.45, 7) is 23.7. The van der Waals surface area contributed by atoms with E-state index < -0.39 is 6.16 Å². The van der Waals surface area contributed by atoms with E-state index >= 15 is 0 Å².